The van der Waals surface area contributed by atoms with Gasteiger partial charge in [-0.05, 0) is 25.1 Å². The highest BCUT2D eigenvalue weighted by Gasteiger charge is 2.12. The van der Waals surface area contributed by atoms with Gasteiger partial charge in [0.25, 0.3) is 5.91 Å². The zero-order chi connectivity index (χ0) is 18.8. The number of halogens is 1. The molecule has 0 spiro atoms. The van der Waals surface area contributed by atoms with Gasteiger partial charge in [0.15, 0.2) is 0 Å². The van der Waals surface area contributed by atoms with Gasteiger partial charge in [-0.2, -0.15) is 0 Å². The molecule has 2 aromatic carbocycles. The number of hydrogen-bond acceptors (Lipinski definition) is 4. The molecule has 2 aromatic rings. The van der Waals surface area contributed by atoms with E-state index in [4.69, 9.17) is 21.1 Å². The van der Waals surface area contributed by atoms with E-state index in [1.807, 2.05) is 18.2 Å². The van der Waals surface area contributed by atoms with Crippen LogP contribution in [0.4, 0.5) is 4.79 Å². The van der Waals surface area contributed by atoms with Gasteiger partial charge in [0, 0.05) is 23.7 Å². The molecule has 2 amide bonds. The Morgan fingerprint density at radius 3 is 2.46 bits per heavy atom. The van der Waals surface area contributed by atoms with Crippen molar-refractivity contribution in [1.82, 2.24) is 10.6 Å². The third kappa shape index (κ3) is 5.97. The third-order valence-corrected chi connectivity index (χ3v) is 3.80. The van der Waals surface area contributed by atoms with E-state index in [9.17, 15) is 9.59 Å². The second kappa shape index (κ2) is 10.3. The quantitative estimate of drug-likeness (QED) is 0.692. The molecule has 7 heteroatoms. The van der Waals surface area contributed by atoms with Gasteiger partial charge in [0.1, 0.15) is 12.4 Å². The monoisotopic (exact) mass is 376 g/mol. The van der Waals surface area contributed by atoms with Gasteiger partial charge in [-0.3, -0.25) is 4.79 Å². The Balaban J connectivity index is 1.90. The second-order valence-electron chi connectivity index (χ2n) is 5.28. The van der Waals surface area contributed by atoms with Crippen molar-refractivity contribution >= 4 is 23.6 Å². The minimum Gasteiger partial charge on any atom is -0.488 e. The van der Waals surface area contributed by atoms with Crippen molar-refractivity contribution in [2.45, 2.75) is 13.5 Å². The number of benzene rings is 2. The van der Waals surface area contributed by atoms with Crippen LogP contribution in [-0.2, 0) is 11.3 Å². The highest BCUT2D eigenvalue weighted by atomic mass is 35.5. The smallest absolute Gasteiger partial charge is 0.407 e. The molecule has 0 saturated heterocycles. The van der Waals surface area contributed by atoms with Crippen molar-refractivity contribution in [3.63, 3.8) is 0 Å². The molecule has 0 radical (unpaired) electrons. The number of carbonyl (C=O) groups excluding carboxylic acids is 2. The number of alkyl carbamates (subject to hydrolysis) is 1. The van der Waals surface area contributed by atoms with Crippen molar-refractivity contribution in [2.75, 3.05) is 19.7 Å². The summed E-state index contributed by atoms with van der Waals surface area (Å²) in [6.07, 6.45) is -0.509. The third-order valence-electron chi connectivity index (χ3n) is 3.43. The number of nitrogens with one attached hydrogen (secondary N) is 2. The summed E-state index contributed by atoms with van der Waals surface area (Å²) >= 11 is 6.12. The largest absolute Gasteiger partial charge is 0.488 e. The van der Waals surface area contributed by atoms with Gasteiger partial charge in [0.05, 0.1) is 12.2 Å². The summed E-state index contributed by atoms with van der Waals surface area (Å²) in [5.41, 5.74) is 1.25. The predicted octanol–water partition coefficient (Wildman–Crippen LogP) is 3.39. The van der Waals surface area contributed by atoms with E-state index in [2.05, 4.69) is 10.6 Å². The standard InChI is InChI=1S/C19H21ClN2O4/c1-2-25-19(24)22-12-11-21-18(23)15-8-4-6-10-17(15)26-13-14-7-3-5-9-16(14)20/h3-10H,2,11-13H2,1H3,(H,21,23)(H,22,24). The summed E-state index contributed by atoms with van der Waals surface area (Å²) in [5, 5.41) is 5.88. The normalized spacial score (nSPS) is 10.1. The van der Waals surface area contributed by atoms with Crippen LogP contribution in [0.15, 0.2) is 48.5 Å². The van der Waals surface area contributed by atoms with E-state index >= 15 is 0 Å². The summed E-state index contributed by atoms with van der Waals surface area (Å²) < 4.78 is 10.5. The minimum atomic E-state index is -0.509. The fourth-order valence-electron chi connectivity index (χ4n) is 2.17. The van der Waals surface area contributed by atoms with Crippen LogP contribution >= 0.6 is 11.6 Å². The van der Waals surface area contributed by atoms with E-state index < -0.39 is 6.09 Å². The fourth-order valence-corrected chi connectivity index (χ4v) is 2.36. The van der Waals surface area contributed by atoms with Crippen molar-refractivity contribution in [1.29, 1.82) is 0 Å². The molecule has 0 atom stereocenters. The molecule has 6 nitrogen and oxygen atoms in total. The lowest BCUT2D eigenvalue weighted by atomic mass is 10.2. The van der Waals surface area contributed by atoms with E-state index in [0.717, 1.165) is 5.56 Å². The van der Waals surface area contributed by atoms with Crippen LogP contribution in [0.5, 0.6) is 5.75 Å². The Bertz CT molecular complexity index is 752. The van der Waals surface area contributed by atoms with E-state index in [1.165, 1.54) is 0 Å². The van der Waals surface area contributed by atoms with Crippen LogP contribution in [0, 0.1) is 0 Å². The van der Waals surface area contributed by atoms with Crippen LogP contribution in [0.2, 0.25) is 5.02 Å². The molecular weight excluding hydrogens is 356 g/mol. The van der Waals surface area contributed by atoms with Crippen LogP contribution in [0.25, 0.3) is 0 Å². The Morgan fingerprint density at radius 2 is 1.69 bits per heavy atom. The maximum atomic E-state index is 12.4. The van der Waals surface area contributed by atoms with E-state index in [0.29, 0.717) is 22.9 Å². The maximum absolute atomic E-state index is 12.4. The minimum absolute atomic E-state index is 0.258. The zero-order valence-electron chi connectivity index (χ0n) is 14.5. The highest BCUT2D eigenvalue weighted by molar-refractivity contribution is 6.31. The van der Waals surface area contributed by atoms with Crippen LogP contribution in [0.3, 0.4) is 0 Å². The molecular formula is C19H21ClN2O4. The number of ether oxygens (including phenoxy) is 2. The first-order chi connectivity index (χ1) is 12.6. The van der Waals surface area contributed by atoms with Gasteiger partial charge in [-0.1, -0.05) is 41.9 Å². The summed E-state index contributed by atoms with van der Waals surface area (Å²) in [6.45, 7) is 2.83. The first kappa shape index (κ1) is 19.6. The first-order valence-electron chi connectivity index (χ1n) is 8.26. The Labute approximate surface area is 157 Å². The topological polar surface area (TPSA) is 76.7 Å². The summed E-state index contributed by atoms with van der Waals surface area (Å²) in [5.74, 6) is 0.175. The Kier molecular flexibility index (Phi) is 7.76. The van der Waals surface area contributed by atoms with Crippen molar-refractivity contribution < 1.29 is 19.1 Å². The number of carbonyl (C=O) groups is 2. The summed E-state index contributed by atoms with van der Waals surface area (Å²) in [6, 6.07) is 14.3. The van der Waals surface area contributed by atoms with Crippen molar-refractivity contribution in [2.24, 2.45) is 0 Å². The predicted molar refractivity (Wildman–Crippen MR) is 99.6 cm³/mol. The van der Waals surface area contributed by atoms with Gasteiger partial charge >= 0.3 is 6.09 Å². The molecule has 0 fully saturated rings. The van der Waals surface area contributed by atoms with Gasteiger partial charge < -0.3 is 20.1 Å². The molecule has 0 bridgehead atoms. The van der Waals surface area contributed by atoms with Crippen LogP contribution in [0.1, 0.15) is 22.8 Å². The van der Waals surface area contributed by atoms with Crippen LogP contribution < -0.4 is 15.4 Å². The molecule has 0 aliphatic heterocycles. The van der Waals surface area contributed by atoms with Gasteiger partial charge in [-0.15, -0.1) is 0 Å². The first-order valence-corrected chi connectivity index (χ1v) is 8.63. The molecule has 0 aliphatic rings. The Morgan fingerprint density at radius 1 is 1.00 bits per heavy atom. The lowest BCUT2D eigenvalue weighted by molar-refractivity contribution is 0.0947. The number of amides is 2. The van der Waals surface area contributed by atoms with Crippen LogP contribution in [-0.4, -0.2) is 31.7 Å². The number of rotatable bonds is 8. The SMILES string of the molecule is CCOC(=O)NCCNC(=O)c1ccccc1OCc1ccccc1Cl. The number of para-hydroxylation sites is 1. The fraction of sp³-hybridized carbons (Fsp3) is 0.263. The lowest BCUT2D eigenvalue weighted by Gasteiger charge is -2.12. The average molecular weight is 377 g/mol. The summed E-state index contributed by atoms with van der Waals surface area (Å²) in [4.78, 5) is 23.5. The Hall–Kier alpha value is -2.73. The molecule has 0 saturated carbocycles. The average Bonchev–Trinajstić information content (AvgIpc) is 2.65. The molecule has 2 N–H and O–H groups in total. The van der Waals surface area contributed by atoms with Gasteiger partial charge in [0.2, 0.25) is 0 Å². The van der Waals surface area contributed by atoms with E-state index in [1.54, 1.807) is 37.3 Å². The molecule has 26 heavy (non-hydrogen) atoms. The summed E-state index contributed by atoms with van der Waals surface area (Å²) in [7, 11) is 0. The molecule has 0 aliphatic carbocycles. The maximum Gasteiger partial charge on any atom is 0.407 e. The molecule has 2 rings (SSSR count). The molecule has 138 valence electrons. The van der Waals surface area contributed by atoms with Gasteiger partial charge in [-0.25, -0.2) is 4.79 Å². The highest BCUT2D eigenvalue weighted by Crippen LogP contribution is 2.21. The van der Waals surface area contributed by atoms with Crippen molar-refractivity contribution in [3.05, 3.63) is 64.7 Å². The zero-order valence-corrected chi connectivity index (χ0v) is 15.2. The second-order valence-corrected chi connectivity index (χ2v) is 5.69. The molecule has 0 aromatic heterocycles. The number of hydrogen-bond donors (Lipinski definition) is 2. The lowest BCUT2D eigenvalue weighted by Crippen LogP contribution is -2.35. The molecule has 0 heterocycles. The van der Waals surface area contributed by atoms with E-state index in [-0.39, 0.29) is 25.6 Å². The van der Waals surface area contributed by atoms with Crippen molar-refractivity contribution in [3.8, 4) is 5.75 Å². The molecule has 0 unspecified atom stereocenters.